The predicted molar refractivity (Wildman–Crippen MR) is 99.7 cm³/mol. The minimum absolute atomic E-state index is 0.0396. The molecular formula is C18H37NO4S. The maximum Gasteiger partial charge on any atom is 0.264 e. The molecule has 0 saturated heterocycles. The number of nitrogens with one attached hydrogen (secondary N) is 1. The van der Waals surface area contributed by atoms with Crippen LogP contribution in [-0.4, -0.2) is 31.2 Å². The third-order valence-corrected chi connectivity index (χ3v) is 4.96. The Morgan fingerprint density at radius 2 is 1.29 bits per heavy atom. The molecule has 2 N–H and O–H groups in total. The van der Waals surface area contributed by atoms with E-state index in [0.717, 1.165) is 12.8 Å². The number of carbonyl (C=O) groups is 1. The van der Waals surface area contributed by atoms with E-state index in [-0.39, 0.29) is 11.7 Å². The minimum Gasteiger partial charge on any atom is -0.356 e. The summed E-state index contributed by atoms with van der Waals surface area (Å²) in [6.07, 6.45) is 15.4. The van der Waals surface area contributed by atoms with E-state index in [0.29, 0.717) is 25.8 Å². The maximum atomic E-state index is 11.6. The number of rotatable bonds is 17. The molecule has 0 aliphatic carbocycles. The number of hydrogen-bond acceptors (Lipinski definition) is 3. The van der Waals surface area contributed by atoms with Crippen LogP contribution < -0.4 is 5.32 Å². The van der Waals surface area contributed by atoms with Crippen LogP contribution in [0, 0.1) is 0 Å². The molecule has 0 rings (SSSR count). The Morgan fingerprint density at radius 3 is 1.79 bits per heavy atom. The van der Waals surface area contributed by atoms with E-state index in [9.17, 15) is 13.2 Å². The smallest absolute Gasteiger partial charge is 0.264 e. The normalized spacial score (nSPS) is 11.6. The maximum absolute atomic E-state index is 11.6. The van der Waals surface area contributed by atoms with Crippen molar-refractivity contribution in [1.29, 1.82) is 0 Å². The number of hydrogen-bond donors (Lipinski definition) is 2. The van der Waals surface area contributed by atoms with Gasteiger partial charge in [0.2, 0.25) is 5.91 Å². The summed E-state index contributed by atoms with van der Waals surface area (Å²) in [5.74, 6) is -0.195. The van der Waals surface area contributed by atoms with Gasteiger partial charge in [0, 0.05) is 13.0 Å². The van der Waals surface area contributed by atoms with E-state index in [4.69, 9.17) is 4.55 Å². The molecule has 0 aromatic heterocycles. The van der Waals surface area contributed by atoms with Crippen molar-refractivity contribution in [2.75, 3.05) is 12.3 Å². The summed E-state index contributed by atoms with van der Waals surface area (Å²) in [7, 11) is -3.87. The van der Waals surface area contributed by atoms with Gasteiger partial charge in [-0.1, -0.05) is 71.1 Å². The molecule has 0 bridgehead atoms. The highest BCUT2D eigenvalue weighted by Crippen LogP contribution is 2.11. The lowest BCUT2D eigenvalue weighted by molar-refractivity contribution is -0.121. The second-order valence-electron chi connectivity index (χ2n) is 6.63. The van der Waals surface area contributed by atoms with Gasteiger partial charge in [-0.05, 0) is 19.3 Å². The second kappa shape index (κ2) is 15.9. The summed E-state index contributed by atoms with van der Waals surface area (Å²) in [6, 6.07) is 0. The molecule has 0 unspecified atom stereocenters. The lowest BCUT2D eigenvalue weighted by atomic mass is 10.1. The highest BCUT2D eigenvalue weighted by Gasteiger charge is 2.04. The molecule has 0 aromatic rings. The molecule has 6 heteroatoms. The van der Waals surface area contributed by atoms with Crippen LogP contribution in [0.15, 0.2) is 0 Å². The molecule has 0 atom stereocenters. The van der Waals surface area contributed by atoms with Crippen molar-refractivity contribution in [2.24, 2.45) is 0 Å². The molecule has 144 valence electrons. The fourth-order valence-corrected chi connectivity index (χ4v) is 3.24. The molecule has 0 aliphatic heterocycles. The first-order chi connectivity index (χ1) is 11.5. The zero-order valence-corrected chi connectivity index (χ0v) is 16.2. The van der Waals surface area contributed by atoms with Crippen molar-refractivity contribution in [3.8, 4) is 0 Å². The van der Waals surface area contributed by atoms with E-state index < -0.39 is 10.1 Å². The summed E-state index contributed by atoms with van der Waals surface area (Å²) in [5, 5.41) is 2.79. The Kier molecular flexibility index (Phi) is 15.5. The van der Waals surface area contributed by atoms with Crippen LogP contribution in [0.25, 0.3) is 0 Å². The molecule has 0 aromatic carbocycles. The third-order valence-electron chi connectivity index (χ3n) is 4.16. The lowest BCUT2D eigenvalue weighted by Gasteiger charge is -2.05. The summed E-state index contributed by atoms with van der Waals surface area (Å²) < 4.78 is 29.6. The zero-order valence-electron chi connectivity index (χ0n) is 15.4. The average Bonchev–Trinajstić information content (AvgIpc) is 2.51. The summed E-state index contributed by atoms with van der Waals surface area (Å²) in [5.41, 5.74) is 0. The summed E-state index contributed by atoms with van der Waals surface area (Å²) in [4.78, 5) is 11.6. The van der Waals surface area contributed by atoms with Crippen molar-refractivity contribution in [1.82, 2.24) is 5.32 Å². The summed E-state index contributed by atoms with van der Waals surface area (Å²) >= 11 is 0. The quantitative estimate of drug-likeness (QED) is 0.295. The third kappa shape index (κ3) is 19.4. The minimum atomic E-state index is -3.87. The van der Waals surface area contributed by atoms with E-state index in [1.807, 2.05) is 0 Å². The van der Waals surface area contributed by atoms with Crippen LogP contribution in [0.3, 0.4) is 0 Å². The van der Waals surface area contributed by atoms with Gasteiger partial charge in [-0.3, -0.25) is 9.35 Å². The monoisotopic (exact) mass is 363 g/mol. The van der Waals surface area contributed by atoms with Crippen molar-refractivity contribution in [3.63, 3.8) is 0 Å². The molecular weight excluding hydrogens is 326 g/mol. The molecule has 0 heterocycles. The highest BCUT2D eigenvalue weighted by atomic mass is 32.2. The van der Waals surface area contributed by atoms with Crippen molar-refractivity contribution < 1.29 is 17.8 Å². The van der Waals surface area contributed by atoms with E-state index in [1.54, 1.807) is 0 Å². The molecule has 0 fully saturated rings. The van der Waals surface area contributed by atoms with Gasteiger partial charge in [0.15, 0.2) is 0 Å². The van der Waals surface area contributed by atoms with E-state index in [2.05, 4.69) is 12.2 Å². The number of carbonyl (C=O) groups excluding carboxylic acids is 1. The van der Waals surface area contributed by atoms with Crippen molar-refractivity contribution in [2.45, 2.75) is 96.8 Å². The van der Waals surface area contributed by atoms with Crippen LogP contribution >= 0.6 is 0 Å². The molecule has 5 nitrogen and oxygen atoms in total. The Morgan fingerprint density at radius 1 is 0.792 bits per heavy atom. The predicted octanol–water partition coefficient (Wildman–Crippen LogP) is 4.47. The molecule has 0 spiro atoms. The van der Waals surface area contributed by atoms with Crippen LogP contribution in [0.5, 0.6) is 0 Å². The largest absolute Gasteiger partial charge is 0.356 e. The van der Waals surface area contributed by atoms with Gasteiger partial charge in [0.25, 0.3) is 10.1 Å². The highest BCUT2D eigenvalue weighted by molar-refractivity contribution is 7.85. The Labute approximate surface area is 148 Å². The Balaban J connectivity index is 3.23. The van der Waals surface area contributed by atoms with Crippen LogP contribution in [0.4, 0.5) is 0 Å². The molecule has 0 radical (unpaired) electrons. The lowest BCUT2D eigenvalue weighted by Crippen LogP contribution is -2.24. The molecule has 1 amide bonds. The van der Waals surface area contributed by atoms with Gasteiger partial charge in [0.05, 0.1) is 5.75 Å². The van der Waals surface area contributed by atoms with Gasteiger partial charge in [-0.25, -0.2) is 0 Å². The first kappa shape index (κ1) is 23.4. The van der Waals surface area contributed by atoms with Gasteiger partial charge in [-0.15, -0.1) is 0 Å². The number of unbranched alkanes of at least 4 members (excludes halogenated alkanes) is 11. The van der Waals surface area contributed by atoms with Crippen molar-refractivity contribution in [3.05, 3.63) is 0 Å². The van der Waals surface area contributed by atoms with Crippen LogP contribution in [-0.2, 0) is 14.9 Å². The van der Waals surface area contributed by atoms with Crippen LogP contribution in [0.2, 0.25) is 0 Å². The fourth-order valence-electron chi connectivity index (χ4n) is 2.68. The van der Waals surface area contributed by atoms with E-state index >= 15 is 0 Å². The Bertz CT molecular complexity index is 396. The molecule has 24 heavy (non-hydrogen) atoms. The Hall–Kier alpha value is -0.620. The first-order valence-corrected chi connectivity index (χ1v) is 11.3. The fraction of sp³-hybridized carbons (Fsp3) is 0.944. The van der Waals surface area contributed by atoms with Gasteiger partial charge >= 0.3 is 0 Å². The van der Waals surface area contributed by atoms with Gasteiger partial charge in [-0.2, -0.15) is 8.42 Å². The van der Waals surface area contributed by atoms with Gasteiger partial charge < -0.3 is 5.32 Å². The number of amides is 1. The van der Waals surface area contributed by atoms with Crippen molar-refractivity contribution >= 4 is 16.0 Å². The summed E-state index contributed by atoms with van der Waals surface area (Å²) in [6.45, 7) is 2.72. The van der Waals surface area contributed by atoms with Gasteiger partial charge in [0.1, 0.15) is 0 Å². The topological polar surface area (TPSA) is 83.5 Å². The second-order valence-corrected chi connectivity index (χ2v) is 8.20. The molecule has 0 saturated carbocycles. The van der Waals surface area contributed by atoms with Crippen LogP contribution in [0.1, 0.15) is 96.8 Å². The zero-order chi connectivity index (χ0) is 18.1. The standard InChI is InChI=1S/C18H37NO4S/c1-2-3-4-5-6-7-8-9-10-11-12-15-18(20)19-16-13-14-17-24(21,22)23/h2-17H2,1H3,(H,19,20)(H,21,22,23). The average molecular weight is 364 g/mol. The first-order valence-electron chi connectivity index (χ1n) is 9.67. The van der Waals surface area contributed by atoms with E-state index in [1.165, 1.54) is 57.8 Å². The molecule has 0 aliphatic rings. The SMILES string of the molecule is CCCCCCCCCCCCCC(=O)NCCCCS(=O)(=O)O.